The van der Waals surface area contributed by atoms with Crippen molar-refractivity contribution in [1.82, 2.24) is 5.32 Å². The zero-order valence-corrected chi connectivity index (χ0v) is 8.29. The van der Waals surface area contributed by atoms with Crippen molar-refractivity contribution < 1.29 is 14.8 Å². The van der Waals surface area contributed by atoms with E-state index in [4.69, 9.17) is 5.11 Å². The minimum atomic E-state index is -1.07. The van der Waals surface area contributed by atoms with Gasteiger partial charge in [0.25, 0.3) is 5.69 Å². The van der Waals surface area contributed by atoms with Crippen LogP contribution in [0.25, 0.3) is 0 Å². The predicted molar refractivity (Wildman–Crippen MR) is 56.7 cm³/mol. The van der Waals surface area contributed by atoms with Crippen molar-refractivity contribution >= 4 is 11.7 Å². The molecule has 0 aliphatic heterocycles. The molecule has 84 valence electrons. The summed E-state index contributed by atoms with van der Waals surface area (Å²) in [4.78, 5) is 20.3. The third-order valence-electron chi connectivity index (χ3n) is 1.82. The molecule has 0 aliphatic rings. The van der Waals surface area contributed by atoms with Gasteiger partial charge in [-0.05, 0) is 0 Å². The fraction of sp³-hybridized carbons (Fsp3) is 0.100. The van der Waals surface area contributed by atoms with E-state index in [2.05, 4.69) is 5.32 Å². The van der Waals surface area contributed by atoms with Crippen molar-refractivity contribution in [2.75, 3.05) is 0 Å². The molecule has 0 saturated heterocycles. The van der Waals surface area contributed by atoms with Crippen LogP contribution in [0.15, 0.2) is 36.5 Å². The summed E-state index contributed by atoms with van der Waals surface area (Å²) >= 11 is 0. The number of nitrogens with zero attached hydrogens (tertiary/aromatic N) is 1. The van der Waals surface area contributed by atoms with Gasteiger partial charge in [-0.15, -0.1) is 0 Å². The lowest BCUT2D eigenvalue weighted by Gasteiger charge is -2.01. The van der Waals surface area contributed by atoms with E-state index in [1.165, 1.54) is 12.3 Å². The van der Waals surface area contributed by atoms with Crippen LogP contribution in [0, 0.1) is 10.1 Å². The topological polar surface area (TPSA) is 92.5 Å². The van der Waals surface area contributed by atoms with Crippen molar-refractivity contribution in [1.29, 1.82) is 0 Å². The summed E-state index contributed by atoms with van der Waals surface area (Å²) in [6, 6.07) is 6.28. The lowest BCUT2D eigenvalue weighted by Crippen LogP contribution is -2.07. The maximum absolute atomic E-state index is 10.6. The number of aliphatic carboxylic acids is 1. The second-order valence-electron chi connectivity index (χ2n) is 2.94. The molecule has 0 aliphatic carbocycles. The maximum atomic E-state index is 10.6. The summed E-state index contributed by atoms with van der Waals surface area (Å²) < 4.78 is 0. The summed E-state index contributed by atoms with van der Waals surface area (Å²) in [6.07, 6.45) is 2.16. The van der Waals surface area contributed by atoms with Crippen LogP contribution < -0.4 is 5.32 Å². The van der Waals surface area contributed by atoms with Crippen LogP contribution >= 0.6 is 0 Å². The first-order valence-electron chi connectivity index (χ1n) is 4.46. The number of nitro groups is 1. The molecule has 2 N–H and O–H groups in total. The van der Waals surface area contributed by atoms with Crippen LogP contribution in [0.5, 0.6) is 0 Å². The number of para-hydroxylation sites is 1. The molecule has 1 aromatic rings. The van der Waals surface area contributed by atoms with E-state index in [9.17, 15) is 14.9 Å². The van der Waals surface area contributed by atoms with Gasteiger partial charge < -0.3 is 10.4 Å². The Morgan fingerprint density at radius 1 is 1.50 bits per heavy atom. The molecule has 0 atom stereocenters. The molecular formula is C10H10N2O4. The smallest absolute Gasteiger partial charge is 0.329 e. The highest BCUT2D eigenvalue weighted by molar-refractivity contribution is 5.79. The highest BCUT2D eigenvalue weighted by atomic mass is 16.6. The fourth-order valence-corrected chi connectivity index (χ4v) is 1.14. The zero-order chi connectivity index (χ0) is 12.0. The molecule has 0 unspecified atom stereocenters. The number of carbonyl (C=O) groups is 1. The highest BCUT2D eigenvalue weighted by Crippen LogP contribution is 2.16. The fourth-order valence-electron chi connectivity index (χ4n) is 1.14. The molecule has 0 fully saturated rings. The molecule has 0 heterocycles. The Kier molecular flexibility index (Phi) is 4.02. The van der Waals surface area contributed by atoms with E-state index in [1.807, 2.05) is 0 Å². The lowest BCUT2D eigenvalue weighted by molar-refractivity contribution is -0.385. The van der Waals surface area contributed by atoms with E-state index in [0.717, 1.165) is 6.08 Å². The van der Waals surface area contributed by atoms with E-state index in [-0.39, 0.29) is 12.2 Å². The molecule has 1 rings (SSSR count). The normalized spacial score (nSPS) is 10.2. The first-order chi connectivity index (χ1) is 7.61. The second-order valence-corrected chi connectivity index (χ2v) is 2.94. The van der Waals surface area contributed by atoms with Crippen LogP contribution in [0.1, 0.15) is 5.56 Å². The second kappa shape index (κ2) is 5.50. The Hall–Kier alpha value is -2.37. The molecule has 0 bridgehead atoms. The van der Waals surface area contributed by atoms with Crippen molar-refractivity contribution in [2.24, 2.45) is 0 Å². The summed E-state index contributed by atoms with van der Waals surface area (Å²) in [5, 5.41) is 21.6. The number of nitro benzene ring substituents is 1. The Morgan fingerprint density at radius 2 is 2.19 bits per heavy atom. The predicted octanol–water partition coefficient (Wildman–Crippen LogP) is 1.28. The summed E-state index contributed by atoms with van der Waals surface area (Å²) in [7, 11) is 0. The molecule has 0 radical (unpaired) electrons. The Balaban J connectivity index is 2.67. The van der Waals surface area contributed by atoms with Crippen molar-refractivity contribution in [3.63, 3.8) is 0 Å². The van der Waals surface area contributed by atoms with Crippen LogP contribution in [0.2, 0.25) is 0 Å². The van der Waals surface area contributed by atoms with E-state index in [1.54, 1.807) is 18.2 Å². The van der Waals surface area contributed by atoms with Crippen molar-refractivity contribution in [2.45, 2.75) is 6.54 Å². The lowest BCUT2D eigenvalue weighted by atomic mass is 10.2. The number of nitrogens with one attached hydrogen (secondary N) is 1. The molecule has 6 nitrogen and oxygen atoms in total. The number of hydrogen-bond donors (Lipinski definition) is 2. The van der Waals surface area contributed by atoms with Gasteiger partial charge in [0.2, 0.25) is 0 Å². The standard InChI is InChI=1S/C10H10N2O4/c13-10(14)5-6-11-7-8-3-1-2-4-9(8)12(15)16/h1-6,11H,7H2,(H,13,14)/b6-5+. The third kappa shape index (κ3) is 3.41. The van der Waals surface area contributed by atoms with E-state index in [0.29, 0.717) is 5.56 Å². The minimum Gasteiger partial charge on any atom is -0.478 e. The average molecular weight is 222 g/mol. The number of hydrogen-bond acceptors (Lipinski definition) is 4. The first kappa shape index (κ1) is 11.7. The minimum absolute atomic E-state index is 0.0127. The van der Waals surface area contributed by atoms with Gasteiger partial charge in [-0.3, -0.25) is 10.1 Å². The molecule has 16 heavy (non-hydrogen) atoms. The first-order valence-corrected chi connectivity index (χ1v) is 4.46. The van der Waals surface area contributed by atoms with Gasteiger partial charge >= 0.3 is 5.97 Å². The van der Waals surface area contributed by atoms with Crippen molar-refractivity contribution in [3.8, 4) is 0 Å². The molecule has 6 heteroatoms. The Morgan fingerprint density at radius 3 is 2.81 bits per heavy atom. The Labute approximate surface area is 91.4 Å². The number of benzene rings is 1. The van der Waals surface area contributed by atoms with Gasteiger partial charge in [0.05, 0.1) is 4.92 Å². The van der Waals surface area contributed by atoms with Gasteiger partial charge in [0.1, 0.15) is 0 Å². The number of carboxylic acid groups (broad SMARTS) is 1. The van der Waals surface area contributed by atoms with E-state index < -0.39 is 10.9 Å². The molecular weight excluding hydrogens is 212 g/mol. The monoisotopic (exact) mass is 222 g/mol. The molecule has 0 amide bonds. The largest absolute Gasteiger partial charge is 0.478 e. The quantitative estimate of drug-likeness (QED) is 0.444. The van der Waals surface area contributed by atoms with Crippen LogP contribution in [-0.2, 0) is 11.3 Å². The summed E-state index contributed by atoms with van der Waals surface area (Å²) in [5.74, 6) is -1.07. The SMILES string of the molecule is O=C(O)/C=C/NCc1ccccc1[N+](=O)[O-]. The molecule has 0 spiro atoms. The van der Waals surface area contributed by atoms with Crippen LogP contribution in [0.4, 0.5) is 5.69 Å². The summed E-state index contributed by atoms with van der Waals surface area (Å²) in [5.41, 5.74) is 0.515. The van der Waals surface area contributed by atoms with Gasteiger partial charge in [-0.2, -0.15) is 0 Å². The van der Waals surface area contributed by atoms with Gasteiger partial charge in [0.15, 0.2) is 0 Å². The van der Waals surface area contributed by atoms with Crippen LogP contribution in [-0.4, -0.2) is 16.0 Å². The molecule has 0 saturated carbocycles. The van der Waals surface area contributed by atoms with Crippen molar-refractivity contribution in [3.05, 3.63) is 52.2 Å². The zero-order valence-electron chi connectivity index (χ0n) is 8.29. The Bertz CT molecular complexity index is 429. The number of rotatable bonds is 5. The van der Waals surface area contributed by atoms with E-state index >= 15 is 0 Å². The van der Waals surface area contributed by atoms with Crippen LogP contribution in [0.3, 0.4) is 0 Å². The molecule has 1 aromatic carbocycles. The average Bonchev–Trinajstić information content (AvgIpc) is 2.24. The third-order valence-corrected chi connectivity index (χ3v) is 1.82. The van der Waals surface area contributed by atoms with Gasteiger partial charge in [0, 0.05) is 30.5 Å². The van der Waals surface area contributed by atoms with Gasteiger partial charge in [-0.25, -0.2) is 4.79 Å². The maximum Gasteiger partial charge on any atom is 0.329 e. The number of carboxylic acids is 1. The summed E-state index contributed by atoms with van der Waals surface area (Å²) in [6.45, 7) is 0.209. The molecule has 0 aromatic heterocycles. The van der Waals surface area contributed by atoms with Gasteiger partial charge in [-0.1, -0.05) is 18.2 Å². The highest BCUT2D eigenvalue weighted by Gasteiger charge is 2.10.